The summed E-state index contributed by atoms with van der Waals surface area (Å²) >= 11 is 1.76. The van der Waals surface area contributed by atoms with Gasteiger partial charge in [0.1, 0.15) is 17.3 Å². The number of carboxylic acids is 1. The molecular formula is C26H24O6S. The molecule has 0 radical (unpaired) electrons. The number of hydrogen-bond acceptors (Lipinski definition) is 6. The highest BCUT2D eigenvalue weighted by molar-refractivity contribution is 7.99. The Bertz CT molecular complexity index is 1200. The zero-order valence-corrected chi connectivity index (χ0v) is 18.8. The predicted octanol–water partition coefficient (Wildman–Crippen LogP) is 5.68. The number of para-hydroxylation sites is 1. The topological polar surface area (TPSA) is 100 Å². The Balaban J connectivity index is 1.55. The van der Waals surface area contributed by atoms with Crippen LogP contribution in [0.1, 0.15) is 27.7 Å². The Labute approximate surface area is 195 Å². The number of ether oxygens (including phenoxy) is 1. The van der Waals surface area contributed by atoms with Crippen LogP contribution in [-0.4, -0.2) is 33.6 Å². The maximum absolute atomic E-state index is 10.9. The average Bonchev–Trinajstić information content (AvgIpc) is 3.12. The predicted molar refractivity (Wildman–Crippen MR) is 128 cm³/mol. The number of fused-ring (bicyclic) bond motifs is 1. The number of hydrogen-bond donors (Lipinski definition) is 3. The number of thioether (sulfide) groups is 1. The minimum Gasteiger partial charge on any atom is -0.508 e. The molecule has 4 aromatic rings. The molecule has 7 heteroatoms. The number of carbonyl (C=O) groups is 1. The largest absolute Gasteiger partial charge is 0.508 e. The van der Waals surface area contributed by atoms with Gasteiger partial charge in [0.25, 0.3) is 0 Å². The summed E-state index contributed by atoms with van der Waals surface area (Å²) < 4.78 is 11.3. The fourth-order valence-electron chi connectivity index (χ4n) is 3.79. The number of aliphatic carboxylic acids is 1. The van der Waals surface area contributed by atoms with Gasteiger partial charge in [-0.3, -0.25) is 0 Å². The lowest BCUT2D eigenvalue weighted by Crippen LogP contribution is -2.09. The van der Waals surface area contributed by atoms with Crippen molar-refractivity contribution in [3.63, 3.8) is 0 Å². The number of aromatic hydroxyl groups is 2. The van der Waals surface area contributed by atoms with E-state index < -0.39 is 12.6 Å². The van der Waals surface area contributed by atoms with E-state index in [0.29, 0.717) is 11.3 Å². The van der Waals surface area contributed by atoms with Crippen LogP contribution in [0, 0.1) is 6.92 Å². The van der Waals surface area contributed by atoms with Crippen LogP contribution in [0.3, 0.4) is 0 Å². The standard InChI is InChI=1S/C26H24O6S/c1-16-21(22-3-2-4-23(25(22)32-16)31-15-24(29)30)13-14-33-26(17-5-9-19(27)10-6-17)18-7-11-20(28)12-8-18/h2-12,26-28H,13-15H2,1H3,(H,29,30). The molecule has 0 aliphatic rings. The number of phenols is 2. The van der Waals surface area contributed by atoms with Crippen LogP contribution in [-0.2, 0) is 11.2 Å². The van der Waals surface area contributed by atoms with E-state index in [1.165, 1.54) is 0 Å². The van der Waals surface area contributed by atoms with E-state index in [0.717, 1.165) is 40.0 Å². The van der Waals surface area contributed by atoms with Gasteiger partial charge in [-0.2, -0.15) is 0 Å². The summed E-state index contributed by atoms with van der Waals surface area (Å²) in [5, 5.41) is 29.2. The van der Waals surface area contributed by atoms with Crippen LogP contribution < -0.4 is 4.74 Å². The highest BCUT2D eigenvalue weighted by Crippen LogP contribution is 2.39. The van der Waals surface area contributed by atoms with Gasteiger partial charge < -0.3 is 24.5 Å². The third-order valence-corrected chi connectivity index (χ3v) is 6.68. The maximum atomic E-state index is 10.9. The van der Waals surface area contributed by atoms with Crippen LogP contribution in [0.4, 0.5) is 0 Å². The summed E-state index contributed by atoms with van der Waals surface area (Å²) in [5.74, 6) is 1.39. The van der Waals surface area contributed by atoms with E-state index in [9.17, 15) is 15.0 Å². The van der Waals surface area contributed by atoms with Crippen LogP contribution in [0.5, 0.6) is 17.2 Å². The summed E-state index contributed by atoms with van der Waals surface area (Å²) in [6.07, 6.45) is 0.749. The van der Waals surface area contributed by atoms with Crippen molar-refractivity contribution in [1.29, 1.82) is 0 Å². The summed E-state index contributed by atoms with van der Waals surface area (Å²) in [4.78, 5) is 10.9. The molecule has 0 spiro atoms. The molecule has 0 saturated carbocycles. The molecule has 0 atom stereocenters. The van der Waals surface area contributed by atoms with Crippen molar-refractivity contribution in [2.45, 2.75) is 18.6 Å². The molecule has 1 heterocycles. The Morgan fingerprint density at radius 3 is 2.15 bits per heavy atom. The molecule has 0 fully saturated rings. The minimum absolute atomic E-state index is 0.0270. The number of aryl methyl sites for hydroxylation is 2. The lowest BCUT2D eigenvalue weighted by atomic mass is 10.0. The normalized spacial score (nSPS) is 11.2. The first-order chi connectivity index (χ1) is 15.9. The van der Waals surface area contributed by atoms with Crippen molar-refractivity contribution in [2.75, 3.05) is 12.4 Å². The molecule has 0 bridgehead atoms. The number of furan rings is 1. The summed E-state index contributed by atoms with van der Waals surface area (Å²) in [6, 6.07) is 19.8. The molecule has 33 heavy (non-hydrogen) atoms. The molecule has 0 aliphatic heterocycles. The molecule has 0 unspecified atom stereocenters. The minimum atomic E-state index is -1.04. The van der Waals surface area contributed by atoms with Gasteiger partial charge >= 0.3 is 5.97 Å². The van der Waals surface area contributed by atoms with Gasteiger partial charge in [-0.1, -0.05) is 36.4 Å². The molecular weight excluding hydrogens is 440 g/mol. The lowest BCUT2D eigenvalue weighted by molar-refractivity contribution is -0.139. The smallest absolute Gasteiger partial charge is 0.341 e. The lowest BCUT2D eigenvalue weighted by Gasteiger charge is -2.18. The second-order valence-corrected chi connectivity index (χ2v) is 8.85. The Kier molecular flexibility index (Phi) is 6.79. The van der Waals surface area contributed by atoms with Crippen molar-refractivity contribution in [3.05, 3.63) is 89.2 Å². The SMILES string of the molecule is Cc1oc2c(OCC(=O)O)cccc2c1CCSC(c1ccc(O)cc1)c1ccc(O)cc1. The molecule has 6 nitrogen and oxygen atoms in total. The van der Waals surface area contributed by atoms with Gasteiger partial charge in [0.15, 0.2) is 17.9 Å². The molecule has 0 saturated heterocycles. The number of phenolic OH excluding ortho intramolecular Hbond substituents is 2. The van der Waals surface area contributed by atoms with Crippen molar-refractivity contribution in [2.24, 2.45) is 0 Å². The van der Waals surface area contributed by atoms with Gasteiger partial charge in [-0.25, -0.2) is 4.79 Å². The van der Waals surface area contributed by atoms with E-state index >= 15 is 0 Å². The van der Waals surface area contributed by atoms with E-state index in [1.54, 1.807) is 42.1 Å². The zero-order chi connectivity index (χ0) is 23.4. The van der Waals surface area contributed by atoms with Crippen LogP contribution in [0.25, 0.3) is 11.0 Å². The zero-order valence-electron chi connectivity index (χ0n) is 18.0. The van der Waals surface area contributed by atoms with Gasteiger partial charge in [-0.05, 0) is 60.6 Å². The quantitative estimate of drug-likeness (QED) is 0.293. The van der Waals surface area contributed by atoms with Crippen molar-refractivity contribution in [3.8, 4) is 17.2 Å². The molecule has 4 rings (SSSR count). The Hall–Kier alpha value is -3.58. The van der Waals surface area contributed by atoms with Gasteiger partial charge in [0.05, 0.1) is 5.25 Å². The van der Waals surface area contributed by atoms with Gasteiger partial charge in [-0.15, -0.1) is 11.8 Å². The second kappa shape index (κ2) is 9.92. The Morgan fingerprint density at radius 1 is 0.970 bits per heavy atom. The molecule has 3 N–H and O–H groups in total. The van der Waals surface area contributed by atoms with E-state index in [1.807, 2.05) is 43.3 Å². The van der Waals surface area contributed by atoms with Crippen molar-refractivity contribution >= 4 is 28.7 Å². The molecule has 3 aromatic carbocycles. The third-order valence-electron chi connectivity index (χ3n) is 5.36. The molecule has 0 amide bonds. The summed E-state index contributed by atoms with van der Waals surface area (Å²) in [6.45, 7) is 1.48. The fraction of sp³-hybridized carbons (Fsp3) is 0.192. The van der Waals surface area contributed by atoms with Crippen molar-refractivity contribution < 1.29 is 29.3 Å². The first kappa shape index (κ1) is 22.6. The van der Waals surface area contributed by atoms with Crippen molar-refractivity contribution in [1.82, 2.24) is 0 Å². The molecule has 170 valence electrons. The second-order valence-electron chi connectivity index (χ2n) is 7.64. The molecule has 1 aromatic heterocycles. The van der Waals surface area contributed by atoms with Gasteiger partial charge in [0, 0.05) is 10.9 Å². The van der Waals surface area contributed by atoms with E-state index in [2.05, 4.69) is 0 Å². The van der Waals surface area contributed by atoms with Gasteiger partial charge in [0.2, 0.25) is 0 Å². The number of rotatable bonds is 9. The first-order valence-electron chi connectivity index (χ1n) is 10.5. The van der Waals surface area contributed by atoms with Crippen LogP contribution >= 0.6 is 11.8 Å². The Morgan fingerprint density at radius 2 is 1.58 bits per heavy atom. The van der Waals surface area contributed by atoms with E-state index in [4.69, 9.17) is 14.3 Å². The summed E-state index contributed by atoms with van der Waals surface area (Å²) in [7, 11) is 0. The average molecular weight is 465 g/mol. The maximum Gasteiger partial charge on any atom is 0.341 e. The fourth-order valence-corrected chi connectivity index (χ4v) is 5.05. The number of carboxylic acid groups (broad SMARTS) is 1. The summed E-state index contributed by atoms with van der Waals surface area (Å²) in [5.41, 5.74) is 3.74. The first-order valence-corrected chi connectivity index (χ1v) is 11.5. The van der Waals surface area contributed by atoms with Crippen LogP contribution in [0.2, 0.25) is 0 Å². The van der Waals surface area contributed by atoms with Crippen LogP contribution in [0.15, 0.2) is 71.1 Å². The highest BCUT2D eigenvalue weighted by Gasteiger charge is 2.18. The highest BCUT2D eigenvalue weighted by atomic mass is 32.2. The monoisotopic (exact) mass is 464 g/mol. The van der Waals surface area contributed by atoms with E-state index in [-0.39, 0.29) is 16.7 Å². The molecule has 0 aliphatic carbocycles. The third kappa shape index (κ3) is 5.26. The number of benzene rings is 3.